The van der Waals surface area contributed by atoms with Gasteiger partial charge < -0.3 is 10.1 Å². The molecule has 2 aromatic carbocycles. The van der Waals surface area contributed by atoms with E-state index in [1.54, 1.807) is 24.3 Å². The Kier molecular flexibility index (Phi) is 3.80. The van der Waals surface area contributed by atoms with Gasteiger partial charge in [0.1, 0.15) is 11.5 Å². The Balaban J connectivity index is 1.75. The minimum Gasteiger partial charge on any atom is -0.493 e. The number of fused-ring (bicyclic) bond motifs is 1. The molecule has 0 fully saturated rings. The van der Waals surface area contributed by atoms with E-state index in [1.165, 1.54) is 6.07 Å². The van der Waals surface area contributed by atoms with E-state index in [4.69, 9.17) is 0 Å². The van der Waals surface area contributed by atoms with Gasteiger partial charge in [0.05, 0.1) is 12.2 Å². The summed E-state index contributed by atoms with van der Waals surface area (Å²) in [5, 5.41) is 10.5. The molecule has 5 nitrogen and oxygen atoms in total. The topological polar surface area (TPSA) is 70.4 Å². The number of benzene rings is 2. The van der Waals surface area contributed by atoms with Crippen molar-refractivity contribution in [1.29, 1.82) is 0 Å². The van der Waals surface area contributed by atoms with Gasteiger partial charge in [0.2, 0.25) is 5.88 Å². The van der Waals surface area contributed by atoms with Crippen molar-refractivity contribution in [3.63, 3.8) is 0 Å². The summed E-state index contributed by atoms with van der Waals surface area (Å²) in [6, 6.07) is 13.8. The number of imidazole rings is 1. The van der Waals surface area contributed by atoms with E-state index in [9.17, 15) is 14.3 Å². The summed E-state index contributed by atoms with van der Waals surface area (Å²) in [5.41, 5.74) is 3.51. The number of aromatic hydroxyl groups is 1. The summed E-state index contributed by atoms with van der Waals surface area (Å²) in [6.45, 7) is 1.82. The molecule has 0 saturated carbocycles. The number of nitrogens with one attached hydrogen (secondary N) is 1. The van der Waals surface area contributed by atoms with Gasteiger partial charge >= 0.3 is 5.69 Å². The van der Waals surface area contributed by atoms with E-state index in [0.717, 1.165) is 27.1 Å². The van der Waals surface area contributed by atoms with Crippen molar-refractivity contribution < 1.29 is 9.50 Å². The van der Waals surface area contributed by atoms with Crippen LogP contribution in [0.25, 0.3) is 11.6 Å². The zero-order chi connectivity index (χ0) is 18.3. The van der Waals surface area contributed by atoms with Crippen LogP contribution in [0.3, 0.4) is 0 Å². The summed E-state index contributed by atoms with van der Waals surface area (Å²) in [4.78, 5) is 19.4. The number of H-pyrrole nitrogens is 1. The lowest BCUT2D eigenvalue weighted by molar-refractivity contribution is 0.418. The maximum Gasteiger partial charge on any atom is 0.329 e. The van der Waals surface area contributed by atoms with Gasteiger partial charge in [0.15, 0.2) is 0 Å². The average Bonchev–Trinajstić information content (AvgIpc) is 3.08. The van der Waals surface area contributed by atoms with Crippen molar-refractivity contribution in [3.8, 4) is 5.88 Å². The first-order valence-electron chi connectivity index (χ1n) is 8.16. The highest BCUT2D eigenvalue weighted by molar-refractivity contribution is 6.31. The van der Waals surface area contributed by atoms with E-state index < -0.39 is 11.5 Å². The largest absolute Gasteiger partial charge is 0.493 e. The molecule has 130 valence electrons. The monoisotopic (exact) mass is 349 g/mol. The van der Waals surface area contributed by atoms with Crippen LogP contribution in [0.4, 0.5) is 10.1 Å². The summed E-state index contributed by atoms with van der Waals surface area (Å²) < 4.78 is 15.0. The quantitative estimate of drug-likeness (QED) is 0.757. The summed E-state index contributed by atoms with van der Waals surface area (Å²) in [7, 11) is 0. The van der Waals surface area contributed by atoms with Gasteiger partial charge in [0, 0.05) is 22.4 Å². The molecule has 26 heavy (non-hydrogen) atoms. The SMILES string of the molecule is CC1=Nc2ccccc2C1=Cc1[nH]c(=O)n(Cc2ccccc2F)c1O. The van der Waals surface area contributed by atoms with Crippen LogP contribution in [0, 0.1) is 5.82 Å². The van der Waals surface area contributed by atoms with Crippen LogP contribution in [0.2, 0.25) is 0 Å². The van der Waals surface area contributed by atoms with Crippen LogP contribution in [0.5, 0.6) is 5.88 Å². The molecule has 0 atom stereocenters. The predicted octanol–water partition coefficient (Wildman–Crippen LogP) is 3.72. The molecular weight excluding hydrogens is 333 g/mol. The molecule has 4 rings (SSSR count). The number of aliphatic imine (C=N–C) groups is 1. The Morgan fingerprint density at radius 2 is 1.92 bits per heavy atom. The Bertz CT molecular complexity index is 1120. The Morgan fingerprint density at radius 3 is 2.73 bits per heavy atom. The molecule has 2 N–H and O–H groups in total. The van der Waals surface area contributed by atoms with Gasteiger partial charge in [-0.2, -0.15) is 0 Å². The van der Waals surface area contributed by atoms with Gasteiger partial charge in [-0.25, -0.2) is 9.18 Å². The van der Waals surface area contributed by atoms with Crippen LogP contribution in [0.15, 0.2) is 58.3 Å². The highest BCUT2D eigenvalue weighted by atomic mass is 19.1. The smallest absolute Gasteiger partial charge is 0.329 e. The lowest BCUT2D eigenvalue weighted by atomic mass is 10.0. The second-order valence-corrected chi connectivity index (χ2v) is 6.12. The first kappa shape index (κ1) is 16.1. The van der Waals surface area contributed by atoms with Crippen LogP contribution in [0.1, 0.15) is 23.7 Å². The maximum atomic E-state index is 13.9. The zero-order valence-corrected chi connectivity index (χ0v) is 14.0. The molecule has 0 saturated heterocycles. The molecule has 1 aliphatic rings. The normalized spacial score (nSPS) is 14.5. The van der Waals surface area contributed by atoms with Crippen molar-refractivity contribution in [1.82, 2.24) is 9.55 Å². The number of nitrogens with zero attached hydrogens (tertiary/aromatic N) is 2. The summed E-state index contributed by atoms with van der Waals surface area (Å²) in [5.74, 6) is -0.657. The average molecular weight is 349 g/mol. The second kappa shape index (κ2) is 6.15. The summed E-state index contributed by atoms with van der Waals surface area (Å²) in [6.07, 6.45) is 1.69. The molecule has 6 heteroatoms. The fraction of sp³-hybridized carbons (Fsp3) is 0.100. The maximum absolute atomic E-state index is 13.9. The third-order valence-electron chi connectivity index (χ3n) is 4.43. The standard InChI is InChI=1S/C20H16FN3O2/c1-12-15(14-7-3-5-9-17(14)22-12)10-18-19(25)24(20(26)23-18)11-13-6-2-4-8-16(13)21/h2-10,25H,11H2,1H3,(H,23,26). The van der Waals surface area contributed by atoms with Crippen molar-refractivity contribution in [3.05, 3.63) is 81.7 Å². The fourth-order valence-corrected chi connectivity index (χ4v) is 3.09. The van der Waals surface area contributed by atoms with E-state index in [2.05, 4.69) is 9.98 Å². The molecule has 1 aliphatic heterocycles. The fourth-order valence-electron chi connectivity index (χ4n) is 3.09. The highest BCUT2D eigenvalue weighted by Crippen LogP contribution is 2.36. The lowest BCUT2D eigenvalue weighted by Crippen LogP contribution is -2.17. The van der Waals surface area contributed by atoms with Gasteiger partial charge in [-0.15, -0.1) is 0 Å². The van der Waals surface area contributed by atoms with Gasteiger partial charge in [-0.05, 0) is 25.1 Å². The predicted molar refractivity (Wildman–Crippen MR) is 99.3 cm³/mol. The number of hydrogen-bond acceptors (Lipinski definition) is 3. The molecule has 0 radical (unpaired) electrons. The minimum absolute atomic E-state index is 0.0549. The Morgan fingerprint density at radius 1 is 1.19 bits per heavy atom. The molecular formula is C20H16FN3O2. The molecule has 0 unspecified atom stereocenters. The van der Waals surface area contributed by atoms with E-state index in [-0.39, 0.29) is 18.1 Å². The van der Waals surface area contributed by atoms with Crippen LogP contribution >= 0.6 is 0 Å². The van der Waals surface area contributed by atoms with Crippen molar-refractivity contribution in [2.45, 2.75) is 13.5 Å². The molecule has 0 bridgehead atoms. The second-order valence-electron chi connectivity index (χ2n) is 6.12. The molecule has 1 aromatic heterocycles. The molecule has 0 spiro atoms. The van der Waals surface area contributed by atoms with E-state index >= 15 is 0 Å². The highest BCUT2D eigenvalue weighted by Gasteiger charge is 2.19. The van der Waals surface area contributed by atoms with Crippen molar-refractivity contribution in [2.75, 3.05) is 0 Å². The van der Waals surface area contributed by atoms with Crippen molar-refractivity contribution >= 4 is 23.0 Å². The number of aromatic nitrogens is 2. The Hall–Kier alpha value is -3.41. The first-order valence-corrected chi connectivity index (χ1v) is 8.16. The molecule has 0 amide bonds. The zero-order valence-electron chi connectivity index (χ0n) is 14.0. The number of rotatable bonds is 3. The van der Waals surface area contributed by atoms with Crippen LogP contribution < -0.4 is 5.69 Å². The number of halogens is 1. The number of para-hydroxylation sites is 1. The van der Waals surface area contributed by atoms with E-state index in [0.29, 0.717) is 5.56 Å². The molecule has 0 aliphatic carbocycles. The third kappa shape index (κ3) is 2.65. The Labute approximate surface area is 148 Å². The first-order chi connectivity index (χ1) is 12.5. The molecule has 3 aromatic rings. The number of allylic oxidation sites excluding steroid dienone is 1. The lowest BCUT2D eigenvalue weighted by Gasteiger charge is -2.05. The van der Waals surface area contributed by atoms with Gasteiger partial charge in [0.25, 0.3) is 0 Å². The third-order valence-corrected chi connectivity index (χ3v) is 4.43. The number of hydrogen-bond donors (Lipinski definition) is 2. The van der Waals surface area contributed by atoms with E-state index in [1.807, 2.05) is 31.2 Å². The van der Waals surface area contributed by atoms with Gasteiger partial charge in [-0.1, -0.05) is 36.4 Å². The minimum atomic E-state index is -0.501. The van der Waals surface area contributed by atoms with Crippen LogP contribution in [-0.4, -0.2) is 20.4 Å². The number of aromatic amines is 1. The van der Waals surface area contributed by atoms with Crippen molar-refractivity contribution in [2.24, 2.45) is 4.99 Å². The van der Waals surface area contributed by atoms with Crippen LogP contribution in [-0.2, 0) is 6.54 Å². The molecule has 2 heterocycles. The van der Waals surface area contributed by atoms with Gasteiger partial charge in [-0.3, -0.25) is 9.56 Å². The summed E-state index contributed by atoms with van der Waals surface area (Å²) >= 11 is 0.